The Balaban J connectivity index is 2.00. The molecule has 0 aromatic carbocycles. The molecular formula is C13H20N2O2. The molecule has 2 rings (SSSR count). The van der Waals surface area contributed by atoms with Crippen LogP contribution in [-0.4, -0.2) is 16.1 Å². The van der Waals surface area contributed by atoms with E-state index in [-0.39, 0.29) is 11.7 Å². The number of hydrogen-bond donors (Lipinski definition) is 1. The molecule has 0 radical (unpaired) electrons. The van der Waals surface area contributed by atoms with Crippen molar-refractivity contribution in [1.29, 1.82) is 0 Å². The molecule has 4 nitrogen and oxygen atoms in total. The summed E-state index contributed by atoms with van der Waals surface area (Å²) in [6.07, 6.45) is 4.62. The Bertz CT molecular complexity index is 441. The zero-order valence-electron chi connectivity index (χ0n) is 10.7. The van der Waals surface area contributed by atoms with Gasteiger partial charge in [-0.1, -0.05) is 13.8 Å². The van der Waals surface area contributed by atoms with Gasteiger partial charge < -0.3 is 9.72 Å². The predicted octanol–water partition coefficient (Wildman–Crippen LogP) is 2.43. The Labute approximate surface area is 101 Å². The van der Waals surface area contributed by atoms with Crippen LogP contribution < -0.4 is 10.3 Å². The summed E-state index contributed by atoms with van der Waals surface area (Å²) < 4.78 is 5.78. The zero-order valence-corrected chi connectivity index (χ0v) is 10.7. The first-order chi connectivity index (χ1) is 7.94. The maximum atomic E-state index is 11.3. The summed E-state index contributed by atoms with van der Waals surface area (Å²) in [6, 6.07) is 1.42. The average Bonchev–Trinajstić information content (AvgIpc) is 2.20. The number of hydrogen-bond acceptors (Lipinski definition) is 3. The molecule has 1 aromatic heterocycles. The van der Waals surface area contributed by atoms with Gasteiger partial charge in [0.15, 0.2) is 0 Å². The summed E-state index contributed by atoms with van der Waals surface area (Å²) in [6.45, 7) is 6.34. The number of nitrogens with zero attached hydrogens (tertiary/aromatic N) is 1. The molecule has 1 saturated carbocycles. The van der Waals surface area contributed by atoms with E-state index in [0.717, 1.165) is 12.8 Å². The summed E-state index contributed by atoms with van der Waals surface area (Å²) in [5.41, 5.74) is 0.279. The van der Waals surface area contributed by atoms with Crippen molar-refractivity contribution < 1.29 is 4.74 Å². The van der Waals surface area contributed by atoms with Crippen LogP contribution in [0.1, 0.15) is 45.4 Å². The molecule has 0 bridgehead atoms. The van der Waals surface area contributed by atoms with E-state index >= 15 is 0 Å². The highest BCUT2D eigenvalue weighted by atomic mass is 16.5. The number of ether oxygens (including phenoxy) is 1. The quantitative estimate of drug-likeness (QED) is 0.858. The molecule has 1 N–H and O–H groups in total. The zero-order chi connectivity index (χ0) is 12.5. The molecular weight excluding hydrogens is 216 g/mol. The van der Waals surface area contributed by atoms with Gasteiger partial charge in [0, 0.05) is 0 Å². The Morgan fingerprint density at radius 3 is 2.65 bits per heavy atom. The molecule has 0 amide bonds. The van der Waals surface area contributed by atoms with E-state index in [1.165, 1.54) is 18.9 Å². The summed E-state index contributed by atoms with van der Waals surface area (Å²) in [5.74, 6) is 1.06. The monoisotopic (exact) mass is 236 g/mol. The van der Waals surface area contributed by atoms with Gasteiger partial charge in [-0.3, -0.25) is 4.79 Å². The number of H-pyrrole nitrogens is 1. The summed E-state index contributed by atoms with van der Waals surface area (Å²) in [7, 11) is 0. The van der Waals surface area contributed by atoms with Gasteiger partial charge >= 0.3 is 0 Å². The first-order valence-electron chi connectivity index (χ1n) is 6.19. The third-order valence-corrected chi connectivity index (χ3v) is 3.41. The van der Waals surface area contributed by atoms with Crippen LogP contribution in [0.15, 0.2) is 10.9 Å². The highest BCUT2D eigenvalue weighted by Crippen LogP contribution is 2.36. The molecule has 1 fully saturated rings. The number of aromatic nitrogens is 2. The largest absolute Gasteiger partial charge is 0.474 e. The van der Waals surface area contributed by atoms with E-state index in [2.05, 4.69) is 23.8 Å². The molecule has 1 heterocycles. The molecule has 0 aliphatic heterocycles. The van der Waals surface area contributed by atoms with Gasteiger partial charge in [0.25, 0.3) is 5.56 Å². The smallest absolute Gasteiger partial charge is 0.254 e. The van der Waals surface area contributed by atoms with E-state index in [1.807, 2.05) is 0 Å². The average molecular weight is 236 g/mol. The molecule has 0 spiro atoms. The second-order valence-electron chi connectivity index (χ2n) is 5.65. The lowest BCUT2D eigenvalue weighted by atomic mass is 9.76. The number of rotatable bonds is 2. The standard InChI is InChI=1S/C13H20N2O2/c1-9-14-11(16)8-12(15-9)17-10-4-6-13(2,3)7-5-10/h8,10H,4-7H2,1-3H3,(H,14,15,16). The highest BCUT2D eigenvalue weighted by molar-refractivity contribution is 5.08. The predicted molar refractivity (Wildman–Crippen MR) is 66.3 cm³/mol. The van der Waals surface area contributed by atoms with Gasteiger partial charge in [-0.25, -0.2) is 4.98 Å². The Kier molecular flexibility index (Phi) is 3.22. The Hall–Kier alpha value is -1.32. The summed E-state index contributed by atoms with van der Waals surface area (Å²) in [5, 5.41) is 0. The van der Waals surface area contributed by atoms with E-state index in [0.29, 0.717) is 17.1 Å². The summed E-state index contributed by atoms with van der Waals surface area (Å²) in [4.78, 5) is 18.1. The van der Waals surface area contributed by atoms with Crippen molar-refractivity contribution in [1.82, 2.24) is 9.97 Å². The lowest BCUT2D eigenvalue weighted by Gasteiger charge is -2.34. The first-order valence-corrected chi connectivity index (χ1v) is 6.19. The fourth-order valence-corrected chi connectivity index (χ4v) is 2.27. The van der Waals surface area contributed by atoms with Gasteiger partial charge in [-0.2, -0.15) is 0 Å². The van der Waals surface area contributed by atoms with Crippen LogP contribution in [0.25, 0.3) is 0 Å². The van der Waals surface area contributed by atoms with Crippen molar-refractivity contribution in [2.45, 2.75) is 52.6 Å². The molecule has 17 heavy (non-hydrogen) atoms. The molecule has 1 aromatic rings. The van der Waals surface area contributed by atoms with Crippen LogP contribution in [0.2, 0.25) is 0 Å². The van der Waals surface area contributed by atoms with Crippen LogP contribution in [0.4, 0.5) is 0 Å². The fourth-order valence-electron chi connectivity index (χ4n) is 2.27. The van der Waals surface area contributed by atoms with Crippen LogP contribution >= 0.6 is 0 Å². The minimum absolute atomic E-state index is 0.149. The van der Waals surface area contributed by atoms with Gasteiger partial charge in [0.2, 0.25) is 5.88 Å². The van der Waals surface area contributed by atoms with Gasteiger partial charge in [-0.15, -0.1) is 0 Å². The molecule has 1 aliphatic rings. The van der Waals surface area contributed by atoms with Crippen LogP contribution in [-0.2, 0) is 0 Å². The Morgan fingerprint density at radius 1 is 1.41 bits per heavy atom. The Morgan fingerprint density at radius 2 is 2.06 bits per heavy atom. The van der Waals surface area contributed by atoms with Crippen LogP contribution in [0, 0.1) is 12.3 Å². The van der Waals surface area contributed by atoms with Gasteiger partial charge in [-0.05, 0) is 38.0 Å². The molecule has 0 unspecified atom stereocenters. The summed E-state index contributed by atoms with van der Waals surface area (Å²) >= 11 is 0. The van der Waals surface area contributed by atoms with Crippen LogP contribution in [0.5, 0.6) is 5.88 Å². The fraction of sp³-hybridized carbons (Fsp3) is 0.692. The maximum Gasteiger partial charge on any atom is 0.254 e. The lowest BCUT2D eigenvalue weighted by Crippen LogP contribution is -2.29. The van der Waals surface area contributed by atoms with E-state index < -0.39 is 0 Å². The van der Waals surface area contributed by atoms with Gasteiger partial charge in [0.1, 0.15) is 11.9 Å². The number of aromatic amines is 1. The van der Waals surface area contributed by atoms with Crippen molar-refractivity contribution in [2.75, 3.05) is 0 Å². The van der Waals surface area contributed by atoms with Crippen molar-refractivity contribution in [3.8, 4) is 5.88 Å². The second-order valence-corrected chi connectivity index (χ2v) is 5.65. The van der Waals surface area contributed by atoms with E-state index in [4.69, 9.17) is 4.74 Å². The van der Waals surface area contributed by atoms with Gasteiger partial charge in [0.05, 0.1) is 6.07 Å². The number of nitrogens with one attached hydrogen (secondary N) is 1. The molecule has 0 atom stereocenters. The third kappa shape index (κ3) is 3.32. The third-order valence-electron chi connectivity index (χ3n) is 3.41. The molecule has 1 aliphatic carbocycles. The highest BCUT2D eigenvalue weighted by Gasteiger charge is 2.28. The molecule has 0 saturated heterocycles. The van der Waals surface area contributed by atoms with E-state index in [9.17, 15) is 4.79 Å². The minimum Gasteiger partial charge on any atom is -0.474 e. The number of aryl methyl sites for hydroxylation is 1. The maximum absolute atomic E-state index is 11.3. The van der Waals surface area contributed by atoms with Crippen molar-refractivity contribution >= 4 is 0 Å². The lowest BCUT2D eigenvalue weighted by molar-refractivity contribution is 0.0945. The normalized spacial score (nSPS) is 20.2. The minimum atomic E-state index is -0.149. The van der Waals surface area contributed by atoms with Crippen LogP contribution in [0.3, 0.4) is 0 Å². The topological polar surface area (TPSA) is 55.0 Å². The van der Waals surface area contributed by atoms with E-state index in [1.54, 1.807) is 6.92 Å². The van der Waals surface area contributed by atoms with Crippen molar-refractivity contribution in [2.24, 2.45) is 5.41 Å². The second kappa shape index (κ2) is 4.51. The molecule has 94 valence electrons. The molecule has 4 heteroatoms. The van der Waals surface area contributed by atoms with Crippen molar-refractivity contribution in [3.63, 3.8) is 0 Å². The first kappa shape index (κ1) is 12.1. The van der Waals surface area contributed by atoms with Crippen molar-refractivity contribution in [3.05, 3.63) is 22.2 Å². The SMILES string of the molecule is Cc1nc(OC2CCC(C)(C)CC2)cc(=O)[nH]1.